The van der Waals surface area contributed by atoms with Crippen molar-refractivity contribution in [3.63, 3.8) is 0 Å². The first-order chi connectivity index (χ1) is 18.1. The summed E-state index contributed by atoms with van der Waals surface area (Å²) in [5, 5.41) is 11.2. The third-order valence-electron chi connectivity index (χ3n) is 6.84. The molecule has 0 amide bonds. The molecule has 186 valence electrons. The van der Waals surface area contributed by atoms with E-state index in [4.69, 9.17) is 0 Å². The molecule has 0 radical (unpaired) electrons. The van der Waals surface area contributed by atoms with Crippen molar-refractivity contribution in [2.45, 2.75) is 40.0 Å². The Balaban J connectivity index is 1.98. The third-order valence-corrected chi connectivity index (χ3v) is 6.84. The molecule has 0 spiro atoms. The fourth-order valence-corrected chi connectivity index (χ4v) is 4.74. The van der Waals surface area contributed by atoms with Gasteiger partial charge in [-0.25, -0.2) is 0 Å². The Bertz CT molecular complexity index is 1390. The van der Waals surface area contributed by atoms with Gasteiger partial charge in [0.1, 0.15) is 5.75 Å². The van der Waals surface area contributed by atoms with E-state index in [1.165, 1.54) is 33.4 Å². The van der Waals surface area contributed by atoms with Crippen LogP contribution in [0.25, 0.3) is 34.9 Å². The lowest BCUT2D eigenvalue weighted by Gasteiger charge is -2.15. The lowest BCUT2D eigenvalue weighted by Crippen LogP contribution is -1.93. The highest BCUT2D eigenvalue weighted by Crippen LogP contribution is 2.36. The maximum Gasteiger partial charge on any atom is 0.123 e. The van der Waals surface area contributed by atoms with E-state index in [1.807, 2.05) is 24.3 Å². The summed E-state index contributed by atoms with van der Waals surface area (Å²) in [5.41, 5.74) is 10.3. The van der Waals surface area contributed by atoms with E-state index in [9.17, 15) is 5.11 Å². The summed E-state index contributed by atoms with van der Waals surface area (Å²) in [7, 11) is 0. The Morgan fingerprint density at radius 3 is 1.27 bits per heavy atom. The van der Waals surface area contributed by atoms with Crippen molar-refractivity contribution in [3.8, 4) is 5.75 Å². The molecule has 1 heteroatoms. The van der Waals surface area contributed by atoms with Gasteiger partial charge in [0.15, 0.2) is 0 Å². The van der Waals surface area contributed by atoms with Gasteiger partial charge in [0.2, 0.25) is 0 Å². The second-order valence-corrected chi connectivity index (χ2v) is 9.17. The zero-order valence-corrected chi connectivity index (χ0v) is 22.1. The van der Waals surface area contributed by atoms with Gasteiger partial charge >= 0.3 is 0 Å². The Hall–Kier alpha value is -4.10. The van der Waals surface area contributed by atoms with Crippen LogP contribution < -0.4 is 0 Å². The molecule has 1 N–H and O–H groups in total. The Morgan fingerprint density at radius 2 is 0.865 bits per heavy atom. The molecular weight excluding hydrogens is 448 g/mol. The number of allylic oxidation sites excluding steroid dienone is 3. The Labute approximate surface area is 222 Å². The molecule has 0 atom stereocenters. The van der Waals surface area contributed by atoms with Crippen LogP contribution in [0.2, 0.25) is 0 Å². The summed E-state index contributed by atoms with van der Waals surface area (Å²) < 4.78 is 0. The molecule has 0 aliphatic rings. The van der Waals surface area contributed by atoms with E-state index in [2.05, 4.69) is 118 Å². The van der Waals surface area contributed by atoms with Gasteiger partial charge in [-0.15, -0.1) is 0 Å². The van der Waals surface area contributed by atoms with Crippen LogP contribution in [-0.2, 0) is 0 Å². The summed E-state index contributed by atoms with van der Waals surface area (Å²) in [5.74, 6) is 0.298. The van der Waals surface area contributed by atoms with Crippen molar-refractivity contribution in [1.82, 2.24) is 0 Å². The van der Waals surface area contributed by atoms with Crippen LogP contribution in [0.4, 0.5) is 0 Å². The number of aromatic hydroxyl groups is 1. The molecule has 0 heterocycles. The average Bonchev–Trinajstić information content (AvgIpc) is 2.96. The van der Waals surface area contributed by atoms with Gasteiger partial charge in [0, 0.05) is 5.56 Å². The Morgan fingerprint density at radius 1 is 0.486 bits per heavy atom. The lowest BCUT2D eigenvalue weighted by atomic mass is 9.90. The second-order valence-electron chi connectivity index (χ2n) is 9.17. The molecule has 0 saturated carbocycles. The molecule has 0 aliphatic carbocycles. The summed E-state index contributed by atoms with van der Waals surface area (Å²) in [6.45, 7) is 6.55. The van der Waals surface area contributed by atoms with Crippen molar-refractivity contribution in [3.05, 3.63) is 137 Å². The predicted molar refractivity (Wildman–Crippen MR) is 162 cm³/mol. The first-order valence-corrected chi connectivity index (χ1v) is 13.3. The van der Waals surface area contributed by atoms with Crippen molar-refractivity contribution in [1.29, 1.82) is 0 Å². The quantitative estimate of drug-likeness (QED) is 0.234. The average molecular weight is 485 g/mol. The van der Waals surface area contributed by atoms with Crippen LogP contribution in [0.15, 0.2) is 103 Å². The molecule has 0 saturated heterocycles. The number of phenolic OH excluding ortho intramolecular Hbond substituents is 1. The minimum Gasteiger partial charge on any atom is -0.507 e. The number of rotatable bonds is 9. The second kappa shape index (κ2) is 12.7. The van der Waals surface area contributed by atoms with Gasteiger partial charge in [-0.2, -0.15) is 0 Å². The van der Waals surface area contributed by atoms with Gasteiger partial charge in [-0.05, 0) is 82.0 Å². The molecule has 4 rings (SSSR count). The summed E-state index contributed by atoms with van der Waals surface area (Å²) in [6.07, 6.45) is 9.40. The highest BCUT2D eigenvalue weighted by atomic mass is 16.3. The number of phenols is 1. The number of hydrogen-bond acceptors (Lipinski definition) is 1. The van der Waals surface area contributed by atoms with E-state index in [0.717, 1.165) is 36.0 Å². The van der Waals surface area contributed by atoms with E-state index in [0.29, 0.717) is 5.75 Å². The molecule has 0 bridgehead atoms. The first-order valence-electron chi connectivity index (χ1n) is 13.3. The normalized spacial score (nSPS) is 12.6. The standard InChI is InChI=1S/C36H36O/c1-4-27(30-16-10-7-11-17-30)24-33-22-23-36(37)35(26-29(6-3)32-20-14-9-15-21-32)34(33)25-28(5-2)31-18-12-8-13-19-31/h7-26,37H,4-6H2,1-3H3. The summed E-state index contributed by atoms with van der Waals surface area (Å²) in [6, 6.07) is 35.4. The molecule has 1 nitrogen and oxygen atoms in total. The maximum atomic E-state index is 11.2. The largest absolute Gasteiger partial charge is 0.507 e. The van der Waals surface area contributed by atoms with Gasteiger partial charge in [0.25, 0.3) is 0 Å². The van der Waals surface area contributed by atoms with Gasteiger partial charge in [0.05, 0.1) is 0 Å². The topological polar surface area (TPSA) is 20.2 Å². The molecule has 0 aliphatic heterocycles. The van der Waals surface area contributed by atoms with Crippen LogP contribution >= 0.6 is 0 Å². The van der Waals surface area contributed by atoms with Crippen LogP contribution in [-0.4, -0.2) is 5.11 Å². The SMILES string of the molecule is CCC(=Cc1ccc(O)c(C=C(CC)c2ccccc2)c1C=C(CC)c1ccccc1)c1ccccc1. The summed E-state index contributed by atoms with van der Waals surface area (Å²) in [4.78, 5) is 0. The number of benzene rings is 4. The molecular formula is C36H36O. The first kappa shape index (κ1) is 26.0. The predicted octanol–water partition coefficient (Wildman–Crippen LogP) is 10.2. The van der Waals surface area contributed by atoms with Crippen molar-refractivity contribution < 1.29 is 5.11 Å². The fourth-order valence-electron chi connectivity index (χ4n) is 4.74. The van der Waals surface area contributed by atoms with Crippen LogP contribution in [0.1, 0.15) is 73.4 Å². The fraction of sp³-hybridized carbons (Fsp3) is 0.167. The van der Waals surface area contributed by atoms with E-state index in [1.54, 1.807) is 0 Å². The molecule has 0 fully saturated rings. The molecule has 0 unspecified atom stereocenters. The highest BCUT2D eigenvalue weighted by molar-refractivity contribution is 5.94. The number of hydrogen-bond donors (Lipinski definition) is 1. The van der Waals surface area contributed by atoms with E-state index < -0.39 is 0 Å². The van der Waals surface area contributed by atoms with Crippen molar-refractivity contribution >= 4 is 34.9 Å². The summed E-state index contributed by atoms with van der Waals surface area (Å²) >= 11 is 0. The highest BCUT2D eigenvalue weighted by Gasteiger charge is 2.13. The monoisotopic (exact) mass is 484 g/mol. The molecule has 4 aromatic carbocycles. The van der Waals surface area contributed by atoms with E-state index >= 15 is 0 Å². The minimum absolute atomic E-state index is 0.298. The maximum absolute atomic E-state index is 11.2. The van der Waals surface area contributed by atoms with Crippen LogP contribution in [0.5, 0.6) is 5.75 Å². The third kappa shape index (κ3) is 6.37. The van der Waals surface area contributed by atoms with Crippen LogP contribution in [0, 0.1) is 0 Å². The zero-order valence-electron chi connectivity index (χ0n) is 22.1. The van der Waals surface area contributed by atoms with Crippen LogP contribution in [0.3, 0.4) is 0 Å². The van der Waals surface area contributed by atoms with Crippen molar-refractivity contribution in [2.24, 2.45) is 0 Å². The lowest BCUT2D eigenvalue weighted by molar-refractivity contribution is 0.474. The van der Waals surface area contributed by atoms with Gasteiger partial charge < -0.3 is 5.11 Å². The molecule has 37 heavy (non-hydrogen) atoms. The van der Waals surface area contributed by atoms with Gasteiger partial charge in [-0.3, -0.25) is 0 Å². The Kier molecular flexibility index (Phi) is 8.94. The molecule has 4 aromatic rings. The zero-order chi connectivity index (χ0) is 26.0. The van der Waals surface area contributed by atoms with Gasteiger partial charge in [-0.1, -0.05) is 124 Å². The van der Waals surface area contributed by atoms with E-state index in [-0.39, 0.29) is 0 Å². The smallest absolute Gasteiger partial charge is 0.123 e. The minimum atomic E-state index is 0.298. The van der Waals surface area contributed by atoms with Crippen molar-refractivity contribution in [2.75, 3.05) is 0 Å². The molecule has 0 aromatic heterocycles.